The van der Waals surface area contributed by atoms with Crippen LogP contribution < -0.4 is 10.5 Å². The Labute approximate surface area is 148 Å². The summed E-state index contributed by atoms with van der Waals surface area (Å²) in [6.45, 7) is 3.62. The molecule has 2 rings (SSSR count). The Morgan fingerprint density at radius 2 is 2.16 bits per heavy atom. The summed E-state index contributed by atoms with van der Waals surface area (Å²) in [5, 5.41) is 8.35. The minimum Gasteiger partial charge on any atom is -0.469 e. The number of guanidine groups is 1. The van der Waals surface area contributed by atoms with Gasteiger partial charge in [-0.3, -0.25) is 9.79 Å². The molecule has 8 nitrogen and oxygen atoms in total. The van der Waals surface area contributed by atoms with E-state index in [1.54, 1.807) is 19.2 Å². The molecule has 2 unspecified atom stereocenters. The third kappa shape index (κ3) is 4.70. The van der Waals surface area contributed by atoms with Gasteiger partial charge >= 0.3 is 5.97 Å². The smallest absolute Gasteiger partial charge is 0.310 e. The molecule has 3 N–H and O–H groups in total. The first kappa shape index (κ1) is 19.2. The molecule has 1 aromatic carbocycles. The minimum absolute atomic E-state index is 0.0716. The highest BCUT2D eigenvalue weighted by molar-refractivity contribution is 7.89. The van der Waals surface area contributed by atoms with Crippen LogP contribution in [0.4, 0.5) is 0 Å². The van der Waals surface area contributed by atoms with E-state index in [0.29, 0.717) is 25.6 Å². The van der Waals surface area contributed by atoms with Gasteiger partial charge in [0.05, 0.1) is 17.9 Å². The summed E-state index contributed by atoms with van der Waals surface area (Å²) in [6.07, 6.45) is 0. The molecule has 1 saturated heterocycles. The molecule has 25 heavy (non-hydrogen) atoms. The molecule has 2 atom stereocenters. The number of hydrogen-bond acceptors (Lipinski definition) is 5. The lowest BCUT2D eigenvalue weighted by molar-refractivity contribution is -0.145. The standard InChI is InChI=1S/C16H24N4O4S/c1-11-9-20(10-14(11)15(21)24-3)16(18-2)19-8-12-5-4-6-13(7-12)25(17,22)23/h4-7,11,14H,8-10H2,1-3H3,(H,18,19)(H2,17,22,23). The zero-order chi connectivity index (χ0) is 18.6. The molecule has 0 amide bonds. The summed E-state index contributed by atoms with van der Waals surface area (Å²) in [6, 6.07) is 6.43. The van der Waals surface area contributed by atoms with E-state index in [9.17, 15) is 13.2 Å². The largest absolute Gasteiger partial charge is 0.469 e. The van der Waals surface area contributed by atoms with Gasteiger partial charge in [0.25, 0.3) is 0 Å². The van der Waals surface area contributed by atoms with E-state index in [1.807, 2.05) is 11.8 Å². The summed E-state index contributed by atoms with van der Waals surface area (Å²) in [5.74, 6) is 0.413. The number of nitrogens with two attached hydrogens (primary N) is 1. The van der Waals surface area contributed by atoms with Crippen LogP contribution in [-0.2, 0) is 26.1 Å². The Bertz CT molecular complexity index is 763. The first-order valence-corrected chi connectivity index (χ1v) is 9.46. The number of carbonyl (C=O) groups is 1. The van der Waals surface area contributed by atoms with Gasteiger partial charge in [-0.05, 0) is 23.6 Å². The van der Waals surface area contributed by atoms with Gasteiger partial charge < -0.3 is 15.0 Å². The quantitative estimate of drug-likeness (QED) is 0.444. The minimum atomic E-state index is -3.73. The number of hydrogen-bond donors (Lipinski definition) is 2. The zero-order valence-corrected chi connectivity index (χ0v) is 15.4. The van der Waals surface area contributed by atoms with Crippen molar-refractivity contribution in [1.82, 2.24) is 10.2 Å². The average Bonchev–Trinajstić information content (AvgIpc) is 2.96. The molecule has 0 spiro atoms. The maximum atomic E-state index is 11.8. The molecule has 1 aliphatic rings. The number of rotatable bonds is 4. The number of primary sulfonamides is 1. The molecule has 0 radical (unpaired) electrons. The maximum absolute atomic E-state index is 11.8. The Balaban J connectivity index is 2.03. The van der Waals surface area contributed by atoms with Gasteiger partial charge in [-0.25, -0.2) is 13.6 Å². The number of esters is 1. The molecule has 0 saturated carbocycles. The zero-order valence-electron chi connectivity index (χ0n) is 14.6. The molecule has 0 bridgehead atoms. The molecule has 1 aliphatic heterocycles. The predicted octanol–water partition coefficient (Wildman–Crippen LogP) is 0.150. The van der Waals surface area contributed by atoms with Crippen LogP contribution in [0.2, 0.25) is 0 Å². The number of nitrogens with zero attached hydrogens (tertiary/aromatic N) is 2. The number of sulfonamides is 1. The van der Waals surface area contributed by atoms with E-state index in [-0.39, 0.29) is 22.7 Å². The van der Waals surface area contributed by atoms with E-state index >= 15 is 0 Å². The lowest BCUT2D eigenvalue weighted by Crippen LogP contribution is -2.40. The van der Waals surface area contributed by atoms with Crippen LogP contribution in [0.5, 0.6) is 0 Å². The van der Waals surface area contributed by atoms with Gasteiger partial charge in [-0.15, -0.1) is 0 Å². The van der Waals surface area contributed by atoms with E-state index in [1.165, 1.54) is 19.2 Å². The van der Waals surface area contributed by atoms with Gasteiger partial charge in [0.2, 0.25) is 10.0 Å². The Kier molecular flexibility index (Phi) is 6.02. The van der Waals surface area contributed by atoms with E-state index in [0.717, 1.165) is 5.56 Å². The van der Waals surface area contributed by atoms with Crippen molar-refractivity contribution in [2.45, 2.75) is 18.4 Å². The second-order valence-corrected chi connectivity index (χ2v) is 7.67. The van der Waals surface area contributed by atoms with Crippen LogP contribution in [0.1, 0.15) is 12.5 Å². The summed E-state index contributed by atoms with van der Waals surface area (Å²) >= 11 is 0. The van der Waals surface area contributed by atoms with Crippen molar-refractivity contribution in [3.63, 3.8) is 0 Å². The fourth-order valence-corrected chi connectivity index (χ4v) is 3.53. The Morgan fingerprint density at radius 3 is 2.76 bits per heavy atom. The highest BCUT2D eigenvalue weighted by atomic mass is 32.2. The monoisotopic (exact) mass is 368 g/mol. The Hall–Kier alpha value is -2.13. The van der Waals surface area contributed by atoms with Gasteiger partial charge in [-0.1, -0.05) is 19.1 Å². The number of methoxy groups -OCH3 is 1. The van der Waals surface area contributed by atoms with Gasteiger partial charge in [0.15, 0.2) is 5.96 Å². The molecule has 0 aromatic heterocycles. The molecular weight excluding hydrogens is 344 g/mol. The van der Waals surface area contributed by atoms with E-state index in [4.69, 9.17) is 9.88 Å². The fourth-order valence-electron chi connectivity index (χ4n) is 2.94. The second-order valence-electron chi connectivity index (χ2n) is 6.11. The molecule has 9 heteroatoms. The molecule has 138 valence electrons. The number of ether oxygens (including phenoxy) is 1. The van der Waals surface area contributed by atoms with Crippen LogP contribution >= 0.6 is 0 Å². The maximum Gasteiger partial charge on any atom is 0.310 e. The number of nitrogens with one attached hydrogen (secondary N) is 1. The van der Waals surface area contributed by atoms with Crippen LogP contribution in [-0.4, -0.2) is 52.5 Å². The summed E-state index contributed by atoms with van der Waals surface area (Å²) < 4.78 is 27.7. The summed E-state index contributed by atoms with van der Waals surface area (Å²) in [5.41, 5.74) is 0.768. The summed E-state index contributed by atoms with van der Waals surface area (Å²) in [7, 11) is -0.674. The van der Waals surface area contributed by atoms with Gasteiger partial charge in [0.1, 0.15) is 0 Å². The second kappa shape index (κ2) is 7.83. The first-order valence-electron chi connectivity index (χ1n) is 7.91. The number of benzene rings is 1. The lowest BCUT2D eigenvalue weighted by atomic mass is 9.99. The normalized spacial score (nSPS) is 21.3. The van der Waals surface area contributed by atoms with Crippen molar-refractivity contribution >= 4 is 22.0 Å². The third-order valence-electron chi connectivity index (χ3n) is 4.31. The number of likely N-dealkylation sites (tertiary alicyclic amines) is 1. The predicted molar refractivity (Wildman–Crippen MR) is 94.3 cm³/mol. The van der Waals surface area contributed by atoms with Gasteiger partial charge in [-0.2, -0.15) is 0 Å². The van der Waals surface area contributed by atoms with Crippen molar-refractivity contribution < 1.29 is 17.9 Å². The van der Waals surface area contributed by atoms with Crippen LogP contribution in [0.25, 0.3) is 0 Å². The lowest BCUT2D eigenvalue weighted by Gasteiger charge is -2.21. The van der Waals surface area contributed by atoms with E-state index < -0.39 is 10.0 Å². The highest BCUT2D eigenvalue weighted by Gasteiger charge is 2.36. The third-order valence-corrected chi connectivity index (χ3v) is 5.22. The molecular formula is C16H24N4O4S. The topological polar surface area (TPSA) is 114 Å². The number of carbonyl (C=O) groups excluding carboxylic acids is 1. The van der Waals surface area contributed by atoms with Crippen molar-refractivity contribution in [2.24, 2.45) is 22.0 Å². The fraction of sp³-hybridized carbons (Fsp3) is 0.500. The van der Waals surface area contributed by atoms with Crippen LogP contribution in [0, 0.1) is 11.8 Å². The molecule has 1 aromatic rings. The van der Waals surface area contributed by atoms with Crippen molar-refractivity contribution in [3.8, 4) is 0 Å². The molecule has 1 fully saturated rings. The van der Waals surface area contributed by atoms with Gasteiger partial charge in [0, 0.05) is 26.7 Å². The molecule has 0 aliphatic carbocycles. The van der Waals surface area contributed by atoms with Crippen molar-refractivity contribution in [3.05, 3.63) is 29.8 Å². The molecule has 1 heterocycles. The first-order chi connectivity index (χ1) is 11.8. The average molecular weight is 368 g/mol. The number of aliphatic imine (C=N–C) groups is 1. The van der Waals surface area contributed by atoms with E-state index in [2.05, 4.69) is 10.3 Å². The Morgan fingerprint density at radius 1 is 1.44 bits per heavy atom. The van der Waals surface area contributed by atoms with Crippen molar-refractivity contribution in [2.75, 3.05) is 27.2 Å². The SMILES string of the molecule is CN=C(NCc1cccc(S(N)(=O)=O)c1)N1CC(C)C(C(=O)OC)C1. The van der Waals surface area contributed by atoms with Crippen molar-refractivity contribution in [1.29, 1.82) is 0 Å². The van der Waals surface area contributed by atoms with Crippen LogP contribution in [0.3, 0.4) is 0 Å². The van der Waals surface area contributed by atoms with Crippen LogP contribution in [0.15, 0.2) is 34.2 Å². The summed E-state index contributed by atoms with van der Waals surface area (Å²) in [4.78, 5) is 18.1. The highest BCUT2D eigenvalue weighted by Crippen LogP contribution is 2.24.